The van der Waals surface area contributed by atoms with E-state index in [1.54, 1.807) is 23.4 Å². The van der Waals surface area contributed by atoms with Gasteiger partial charge in [-0.2, -0.15) is 0 Å². The van der Waals surface area contributed by atoms with E-state index in [-0.39, 0.29) is 31.1 Å². The number of hydrogen-bond donors (Lipinski definition) is 4. The number of carbonyl (C=O) groups excluding carboxylic acids is 2. The van der Waals surface area contributed by atoms with Gasteiger partial charge in [-0.3, -0.25) is 14.8 Å². The Morgan fingerprint density at radius 1 is 0.830 bits per heavy atom. The van der Waals surface area contributed by atoms with Gasteiger partial charge in [0.1, 0.15) is 0 Å². The summed E-state index contributed by atoms with van der Waals surface area (Å²) >= 11 is 1.67. The molecule has 0 spiro atoms. The second-order valence-electron chi connectivity index (χ2n) is 11.5. The van der Waals surface area contributed by atoms with E-state index in [9.17, 15) is 14.7 Å². The van der Waals surface area contributed by atoms with Gasteiger partial charge in [0.2, 0.25) is 11.8 Å². The number of aliphatic hydroxyl groups excluding tert-OH is 1. The number of hydroxylamine groups is 1. The lowest BCUT2D eigenvalue weighted by Crippen LogP contribution is -2.31. The number of nitrogens with zero attached hydrogens (tertiary/aromatic N) is 1. The van der Waals surface area contributed by atoms with Crippen molar-refractivity contribution in [3.63, 3.8) is 0 Å². The molecule has 0 bridgehead atoms. The number of aromatic nitrogens is 1. The lowest BCUT2D eigenvalue weighted by molar-refractivity contribution is -0.245. The van der Waals surface area contributed by atoms with E-state index in [2.05, 4.69) is 22.4 Å². The average molecular weight is 656 g/mol. The van der Waals surface area contributed by atoms with E-state index in [1.807, 2.05) is 78.9 Å². The third-order valence-electron chi connectivity index (χ3n) is 8.09. The largest absolute Gasteiger partial charge is 0.392 e. The molecular formula is C37H41N3O6S. The second kappa shape index (κ2) is 17.7. The number of unbranched alkanes of at least 4 members (excludes halogenated alkanes) is 2. The van der Waals surface area contributed by atoms with Crippen molar-refractivity contribution in [2.24, 2.45) is 0 Å². The number of rotatable bonds is 15. The summed E-state index contributed by atoms with van der Waals surface area (Å²) < 4.78 is 13.0. The SMILES string of the molecule is O=C(CCCCCC(=O)NCc1ccccc1-c1ccc([C@@H]2O[C@H](CSc3ccccn3)C[C@H](c3ccc(CO)cc3)O2)cc1)NO. The van der Waals surface area contributed by atoms with Crippen LogP contribution in [0.1, 0.15) is 73.2 Å². The van der Waals surface area contributed by atoms with Gasteiger partial charge in [0.25, 0.3) is 0 Å². The molecule has 10 heteroatoms. The first-order chi connectivity index (χ1) is 23.0. The molecule has 2 heterocycles. The summed E-state index contributed by atoms with van der Waals surface area (Å²) in [7, 11) is 0. The van der Waals surface area contributed by atoms with E-state index in [1.165, 1.54) is 0 Å². The van der Waals surface area contributed by atoms with Crippen LogP contribution in [0.2, 0.25) is 0 Å². The zero-order valence-corrected chi connectivity index (χ0v) is 27.0. The number of hydrogen-bond acceptors (Lipinski definition) is 8. The fraction of sp³-hybridized carbons (Fsp3) is 0.324. The van der Waals surface area contributed by atoms with E-state index < -0.39 is 12.2 Å². The second-order valence-corrected chi connectivity index (χ2v) is 12.5. The van der Waals surface area contributed by atoms with Crippen LogP contribution >= 0.6 is 11.8 Å². The maximum absolute atomic E-state index is 12.5. The number of thioether (sulfide) groups is 1. The van der Waals surface area contributed by atoms with Crippen molar-refractivity contribution >= 4 is 23.6 Å². The first kappa shape index (κ1) is 34.3. The third kappa shape index (κ3) is 10.2. The number of nitrogens with one attached hydrogen (secondary N) is 2. The number of pyridine rings is 1. The molecule has 2 amide bonds. The minimum absolute atomic E-state index is 0.00220. The minimum Gasteiger partial charge on any atom is -0.392 e. The van der Waals surface area contributed by atoms with Crippen LogP contribution in [-0.2, 0) is 32.2 Å². The average Bonchev–Trinajstić information content (AvgIpc) is 3.13. The molecule has 0 radical (unpaired) electrons. The Morgan fingerprint density at radius 3 is 2.28 bits per heavy atom. The first-order valence-corrected chi connectivity index (χ1v) is 16.9. The lowest BCUT2D eigenvalue weighted by atomic mass is 9.97. The Bertz CT molecular complexity index is 1570. The zero-order chi connectivity index (χ0) is 32.8. The van der Waals surface area contributed by atoms with Crippen molar-refractivity contribution in [1.82, 2.24) is 15.8 Å². The topological polar surface area (TPSA) is 130 Å². The van der Waals surface area contributed by atoms with Gasteiger partial charge >= 0.3 is 0 Å². The van der Waals surface area contributed by atoms with Crippen LogP contribution in [0.4, 0.5) is 0 Å². The van der Waals surface area contributed by atoms with Crippen LogP contribution in [0.3, 0.4) is 0 Å². The normalized spacial score (nSPS) is 17.6. The van der Waals surface area contributed by atoms with E-state index >= 15 is 0 Å². The highest BCUT2D eigenvalue weighted by atomic mass is 32.2. The molecule has 0 saturated carbocycles. The zero-order valence-electron chi connectivity index (χ0n) is 26.2. The molecule has 1 fully saturated rings. The van der Waals surface area contributed by atoms with Gasteiger partial charge in [-0.25, -0.2) is 10.5 Å². The highest BCUT2D eigenvalue weighted by Crippen LogP contribution is 2.40. The monoisotopic (exact) mass is 655 g/mol. The molecule has 1 saturated heterocycles. The van der Waals surface area contributed by atoms with Crippen LogP contribution in [0.15, 0.2) is 102 Å². The molecule has 3 atom stereocenters. The van der Waals surface area contributed by atoms with Crippen LogP contribution in [0.5, 0.6) is 0 Å². The molecule has 47 heavy (non-hydrogen) atoms. The Kier molecular flexibility index (Phi) is 12.9. The first-order valence-electron chi connectivity index (χ1n) is 15.9. The molecule has 0 unspecified atom stereocenters. The Labute approximate surface area is 279 Å². The van der Waals surface area contributed by atoms with Crippen molar-refractivity contribution in [2.75, 3.05) is 5.75 Å². The van der Waals surface area contributed by atoms with Crippen molar-refractivity contribution in [3.8, 4) is 11.1 Å². The maximum atomic E-state index is 12.5. The standard InChI is InChI=1S/C37H41N3O6S/c41-24-26-13-15-28(16-14-26)33-22-31(25-47-36-12-6-7-21-38-36)45-37(46-33)29-19-17-27(18-20-29)32-9-5-4-8-30(32)23-39-34(42)10-2-1-3-11-35(43)40-44/h4-9,12-21,31,33,37,41,44H,1-3,10-11,22-25H2,(H,39,42)(H,40,43)/t31-,33+,37+/m0/s1. The van der Waals surface area contributed by atoms with E-state index in [0.29, 0.717) is 32.2 Å². The molecule has 9 nitrogen and oxygen atoms in total. The predicted molar refractivity (Wildman–Crippen MR) is 180 cm³/mol. The fourth-order valence-electron chi connectivity index (χ4n) is 5.50. The summed E-state index contributed by atoms with van der Waals surface area (Å²) in [6, 6.07) is 30.0. The number of benzene rings is 3. The van der Waals surface area contributed by atoms with Gasteiger partial charge in [-0.05, 0) is 52.8 Å². The molecule has 1 aromatic heterocycles. The molecule has 1 aliphatic heterocycles. The smallest absolute Gasteiger partial charge is 0.243 e. The number of ether oxygens (including phenoxy) is 2. The Balaban J connectivity index is 1.23. The third-order valence-corrected chi connectivity index (χ3v) is 9.17. The van der Waals surface area contributed by atoms with Gasteiger partial charge in [0.05, 0.1) is 23.8 Å². The Morgan fingerprint density at radius 2 is 1.55 bits per heavy atom. The van der Waals surface area contributed by atoms with Crippen molar-refractivity contribution < 1.29 is 29.4 Å². The lowest BCUT2D eigenvalue weighted by Gasteiger charge is -2.36. The molecule has 246 valence electrons. The van der Waals surface area contributed by atoms with Crippen LogP contribution < -0.4 is 10.8 Å². The van der Waals surface area contributed by atoms with Gasteiger partial charge < -0.3 is 19.9 Å². The highest BCUT2D eigenvalue weighted by Gasteiger charge is 2.32. The van der Waals surface area contributed by atoms with Crippen molar-refractivity contribution in [3.05, 3.63) is 119 Å². The van der Waals surface area contributed by atoms with Crippen LogP contribution in [0.25, 0.3) is 11.1 Å². The maximum Gasteiger partial charge on any atom is 0.243 e. The predicted octanol–water partition coefficient (Wildman–Crippen LogP) is 6.65. The molecule has 3 aromatic carbocycles. The van der Waals surface area contributed by atoms with Gasteiger partial charge in [0, 0.05) is 43.3 Å². The van der Waals surface area contributed by atoms with Crippen LogP contribution in [-0.4, -0.2) is 39.0 Å². The van der Waals surface area contributed by atoms with Gasteiger partial charge in [-0.15, -0.1) is 11.8 Å². The summed E-state index contributed by atoms with van der Waals surface area (Å²) in [5.41, 5.74) is 7.51. The summed E-state index contributed by atoms with van der Waals surface area (Å²) in [4.78, 5) is 28.0. The summed E-state index contributed by atoms with van der Waals surface area (Å²) in [6.07, 6.45) is 4.37. The van der Waals surface area contributed by atoms with Crippen molar-refractivity contribution in [1.29, 1.82) is 0 Å². The molecule has 5 rings (SSSR count). The number of aliphatic hydroxyl groups is 1. The number of carbonyl (C=O) groups is 2. The van der Waals surface area contributed by atoms with Crippen molar-refractivity contribution in [2.45, 2.75) is 75.2 Å². The van der Waals surface area contributed by atoms with E-state index in [0.717, 1.165) is 50.6 Å². The summed E-state index contributed by atoms with van der Waals surface area (Å²) in [5, 5.41) is 22.0. The number of amides is 2. The summed E-state index contributed by atoms with van der Waals surface area (Å²) in [6.45, 7) is 0.405. The molecule has 4 aromatic rings. The van der Waals surface area contributed by atoms with E-state index in [4.69, 9.17) is 14.7 Å². The Hall–Kier alpha value is -4.06. The van der Waals surface area contributed by atoms with Gasteiger partial charge in [0.15, 0.2) is 6.29 Å². The summed E-state index contributed by atoms with van der Waals surface area (Å²) in [5.74, 6) is 0.289. The molecular weight excluding hydrogens is 614 g/mol. The molecule has 4 N–H and O–H groups in total. The highest BCUT2D eigenvalue weighted by molar-refractivity contribution is 7.99. The van der Waals surface area contributed by atoms with Gasteiger partial charge in [-0.1, -0.05) is 85.3 Å². The van der Waals surface area contributed by atoms with Crippen LogP contribution in [0, 0.1) is 0 Å². The quantitative estimate of drug-likeness (QED) is 0.0485. The molecule has 0 aliphatic carbocycles. The molecule has 1 aliphatic rings. The fourth-order valence-corrected chi connectivity index (χ4v) is 6.38. The minimum atomic E-state index is -0.554.